The molecule has 2 rings (SSSR count). The van der Waals surface area contributed by atoms with Crippen LogP contribution in [0.5, 0.6) is 0 Å². The minimum atomic E-state index is -0.213. The van der Waals surface area contributed by atoms with Crippen LogP contribution in [0.3, 0.4) is 0 Å². The highest BCUT2D eigenvalue weighted by molar-refractivity contribution is 5.78. The molecule has 0 saturated carbocycles. The van der Waals surface area contributed by atoms with Crippen LogP contribution in [0.1, 0.15) is 23.7 Å². The van der Waals surface area contributed by atoms with Gasteiger partial charge in [0.1, 0.15) is 0 Å². The van der Waals surface area contributed by atoms with Gasteiger partial charge < -0.3 is 10.3 Å². The number of amides is 1. The second kappa shape index (κ2) is 6.39. The number of H-pyrrole nitrogens is 1. The molecule has 6 nitrogen and oxygen atoms in total. The van der Waals surface area contributed by atoms with E-state index in [9.17, 15) is 9.59 Å². The van der Waals surface area contributed by atoms with E-state index < -0.39 is 0 Å². The molecule has 0 radical (unpaired) electrons. The van der Waals surface area contributed by atoms with Crippen molar-refractivity contribution in [2.45, 2.75) is 33.9 Å². The molecule has 2 N–H and O–H groups in total. The standard InChI is InChI=1S/C15H20N4O2/c1-10-7-12(3)18-15(21)13(10)8-16-14(20)11(2)9-19-6-4-5-17-19/h4-7,11H,8-9H2,1-3H3,(H,16,20)(H,18,21)/t11-/m0/s1. The summed E-state index contributed by atoms with van der Waals surface area (Å²) in [6.45, 7) is 6.30. The third kappa shape index (κ3) is 3.81. The highest BCUT2D eigenvalue weighted by Crippen LogP contribution is 2.05. The van der Waals surface area contributed by atoms with Crippen molar-refractivity contribution in [3.63, 3.8) is 0 Å². The Labute approximate surface area is 123 Å². The fourth-order valence-corrected chi connectivity index (χ4v) is 2.22. The first kappa shape index (κ1) is 15.0. The molecule has 2 heterocycles. The third-order valence-electron chi connectivity index (χ3n) is 3.40. The average Bonchev–Trinajstić information content (AvgIpc) is 2.89. The summed E-state index contributed by atoms with van der Waals surface area (Å²) in [5, 5.41) is 6.89. The Hall–Kier alpha value is -2.37. The summed E-state index contributed by atoms with van der Waals surface area (Å²) in [6.07, 6.45) is 3.50. The number of carbonyl (C=O) groups excluding carboxylic acids is 1. The number of hydrogen-bond donors (Lipinski definition) is 2. The molecule has 0 aliphatic carbocycles. The minimum absolute atomic E-state index is 0.0927. The normalized spacial score (nSPS) is 12.1. The Balaban J connectivity index is 1.96. The van der Waals surface area contributed by atoms with Crippen molar-refractivity contribution >= 4 is 5.91 Å². The molecule has 112 valence electrons. The fraction of sp³-hybridized carbons (Fsp3) is 0.400. The number of pyridine rings is 1. The molecule has 2 aromatic heterocycles. The minimum Gasteiger partial charge on any atom is -0.352 e. The molecule has 21 heavy (non-hydrogen) atoms. The Kier molecular flexibility index (Phi) is 4.57. The average molecular weight is 288 g/mol. The Morgan fingerprint density at radius 2 is 2.24 bits per heavy atom. The van der Waals surface area contributed by atoms with Gasteiger partial charge in [-0.1, -0.05) is 6.92 Å². The Morgan fingerprint density at radius 3 is 2.86 bits per heavy atom. The Bertz CT molecular complexity index is 673. The number of nitrogens with one attached hydrogen (secondary N) is 2. The monoisotopic (exact) mass is 288 g/mol. The number of aromatic nitrogens is 3. The van der Waals surface area contributed by atoms with Gasteiger partial charge in [-0.25, -0.2) is 0 Å². The molecule has 0 aliphatic heterocycles. The van der Waals surface area contributed by atoms with Crippen LogP contribution in [0.15, 0.2) is 29.3 Å². The quantitative estimate of drug-likeness (QED) is 0.866. The lowest BCUT2D eigenvalue weighted by molar-refractivity contribution is -0.125. The first-order valence-electron chi connectivity index (χ1n) is 6.92. The molecule has 0 unspecified atom stereocenters. The van der Waals surface area contributed by atoms with Crippen LogP contribution < -0.4 is 10.9 Å². The van der Waals surface area contributed by atoms with Gasteiger partial charge in [-0.05, 0) is 31.5 Å². The van der Waals surface area contributed by atoms with Crippen molar-refractivity contribution in [3.8, 4) is 0 Å². The van der Waals surface area contributed by atoms with E-state index in [2.05, 4.69) is 15.4 Å². The molecule has 0 bridgehead atoms. The van der Waals surface area contributed by atoms with Crippen molar-refractivity contribution in [2.24, 2.45) is 5.92 Å². The fourth-order valence-electron chi connectivity index (χ4n) is 2.22. The molecule has 2 aromatic rings. The van der Waals surface area contributed by atoms with E-state index >= 15 is 0 Å². The molecular weight excluding hydrogens is 268 g/mol. The molecule has 1 amide bonds. The first-order valence-corrected chi connectivity index (χ1v) is 6.92. The lowest BCUT2D eigenvalue weighted by Gasteiger charge is -2.13. The number of nitrogens with zero attached hydrogens (tertiary/aromatic N) is 2. The summed E-state index contributed by atoms with van der Waals surface area (Å²) in [5.74, 6) is -0.306. The largest absolute Gasteiger partial charge is 0.352 e. The van der Waals surface area contributed by atoms with Gasteiger partial charge in [-0.2, -0.15) is 5.10 Å². The maximum absolute atomic E-state index is 12.1. The van der Waals surface area contributed by atoms with Crippen molar-refractivity contribution < 1.29 is 4.79 Å². The molecule has 0 spiro atoms. The zero-order valence-electron chi connectivity index (χ0n) is 12.5. The van der Waals surface area contributed by atoms with Gasteiger partial charge in [0.2, 0.25) is 5.91 Å². The number of hydrogen-bond acceptors (Lipinski definition) is 3. The SMILES string of the molecule is Cc1cc(C)c(CNC(=O)[C@@H](C)Cn2cccn2)c(=O)[nH]1. The smallest absolute Gasteiger partial charge is 0.253 e. The van der Waals surface area contributed by atoms with E-state index in [1.807, 2.05) is 39.1 Å². The summed E-state index contributed by atoms with van der Waals surface area (Å²) < 4.78 is 1.72. The molecule has 0 saturated heterocycles. The molecule has 0 fully saturated rings. The Morgan fingerprint density at radius 1 is 1.48 bits per heavy atom. The van der Waals surface area contributed by atoms with Crippen LogP contribution in [0.25, 0.3) is 0 Å². The van der Waals surface area contributed by atoms with Gasteiger partial charge in [-0.3, -0.25) is 14.3 Å². The van der Waals surface area contributed by atoms with Gasteiger partial charge in [0.05, 0.1) is 12.5 Å². The van der Waals surface area contributed by atoms with Crippen LogP contribution in [0.4, 0.5) is 0 Å². The van der Waals surface area contributed by atoms with Crippen LogP contribution >= 0.6 is 0 Å². The number of aryl methyl sites for hydroxylation is 2. The molecular formula is C15H20N4O2. The molecule has 0 aromatic carbocycles. The lowest BCUT2D eigenvalue weighted by atomic mass is 10.1. The van der Waals surface area contributed by atoms with Crippen molar-refractivity contribution in [1.29, 1.82) is 0 Å². The third-order valence-corrected chi connectivity index (χ3v) is 3.40. The van der Waals surface area contributed by atoms with Gasteiger partial charge in [-0.15, -0.1) is 0 Å². The van der Waals surface area contributed by atoms with E-state index in [0.29, 0.717) is 12.1 Å². The highest BCUT2D eigenvalue weighted by Gasteiger charge is 2.14. The number of carbonyl (C=O) groups is 1. The van der Waals surface area contributed by atoms with Crippen LogP contribution in [0, 0.1) is 19.8 Å². The summed E-state index contributed by atoms with van der Waals surface area (Å²) in [5.41, 5.74) is 2.16. The van der Waals surface area contributed by atoms with E-state index in [0.717, 1.165) is 11.3 Å². The lowest BCUT2D eigenvalue weighted by Crippen LogP contribution is -2.33. The van der Waals surface area contributed by atoms with E-state index in [1.54, 1.807) is 10.9 Å². The zero-order chi connectivity index (χ0) is 15.4. The molecule has 0 aliphatic rings. The van der Waals surface area contributed by atoms with Gasteiger partial charge in [0, 0.05) is 30.2 Å². The number of aromatic amines is 1. The topological polar surface area (TPSA) is 79.8 Å². The van der Waals surface area contributed by atoms with Crippen LogP contribution in [0.2, 0.25) is 0 Å². The predicted molar refractivity (Wildman–Crippen MR) is 79.8 cm³/mol. The van der Waals surface area contributed by atoms with Crippen molar-refractivity contribution in [3.05, 3.63) is 51.7 Å². The zero-order valence-corrected chi connectivity index (χ0v) is 12.5. The first-order chi connectivity index (χ1) is 9.97. The second-order valence-electron chi connectivity index (χ2n) is 5.29. The number of rotatable bonds is 5. The van der Waals surface area contributed by atoms with Gasteiger partial charge in [0.15, 0.2) is 0 Å². The van der Waals surface area contributed by atoms with E-state index in [-0.39, 0.29) is 23.9 Å². The summed E-state index contributed by atoms with van der Waals surface area (Å²) in [6, 6.07) is 3.72. The molecule has 1 atom stereocenters. The van der Waals surface area contributed by atoms with Crippen LogP contribution in [-0.4, -0.2) is 20.7 Å². The summed E-state index contributed by atoms with van der Waals surface area (Å²) >= 11 is 0. The maximum atomic E-state index is 12.1. The molecule has 6 heteroatoms. The maximum Gasteiger partial charge on any atom is 0.253 e. The summed E-state index contributed by atoms with van der Waals surface area (Å²) in [4.78, 5) is 26.7. The summed E-state index contributed by atoms with van der Waals surface area (Å²) in [7, 11) is 0. The second-order valence-corrected chi connectivity index (χ2v) is 5.29. The predicted octanol–water partition coefficient (Wildman–Crippen LogP) is 1.14. The van der Waals surface area contributed by atoms with Crippen molar-refractivity contribution in [1.82, 2.24) is 20.1 Å². The van der Waals surface area contributed by atoms with Crippen LogP contribution in [-0.2, 0) is 17.9 Å². The van der Waals surface area contributed by atoms with Gasteiger partial charge in [0.25, 0.3) is 5.56 Å². The van der Waals surface area contributed by atoms with Gasteiger partial charge >= 0.3 is 0 Å². The van der Waals surface area contributed by atoms with Crippen molar-refractivity contribution in [2.75, 3.05) is 0 Å². The van der Waals surface area contributed by atoms with E-state index in [4.69, 9.17) is 0 Å². The highest BCUT2D eigenvalue weighted by atomic mass is 16.2. The van der Waals surface area contributed by atoms with E-state index in [1.165, 1.54) is 0 Å².